The first-order chi connectivity index (χ1) is 14.6. The SMILES string of the molecule is CN(CCOc1ccccc1)CC(=O)Nc1ccc(Cl)cc1[N+](=O)[O-].O=C(O)C(=O)O. The van der Waals surface area contributed by atoms with Crippen LogP contribution in [0.1, 0.15) is 0 Å². The maximum Gasteiger partial charge on any atom is 0.414 e. The van der Waals surface area contributed by atoms with Gasteiger partial charge in [-0.1, -0.05) is 29.8 Å². The summed E-state index contributed by atoms with van der Waals surface area (Å²) in [5, 5.41) is 28.6. The Hall–Kier alpha value is -3.70. The van der Waals surface area contributed by atoms with Crippen molar-refractivity contribution in [1.29, 1.82) is 0 Å². The number of amides is 1. The van der Waals surface area contributed by atoms with Gasteiger partial charge in [0.1, 0.15) is 18.0 Å². The third-order valence-corrected chi connectivity index (χ3v) is 3.75. The van der Waals surface area contributed by atoms with Crippen LogP contribution in [-0.4, -0.2) is 64.6 Å². The van der Waals surface area contributed by atoms with Crippen LogP contribution in [0.5, 0.6) is 5.75 Å². The average molecular weight is 454 g/mol. The second-order valence-electron chi connectivity index (χ2n) is 5.98. The predicted octanol–water partition coefficient (Wildman–Crippen LogP) is 2.35. The summed E-state index contributed by atoms with van der Waals surface area (Å²) in [6.45, 7) is 1.04. The van der Waals surface area contributed by atoms with E-state index in [2.05, 4.69) is 5.32 Å². The number of rotatable bonds is 8. The zero-order valence-corrected chi connectivity index (χ0v) is 17.1. The minimum atomic E-state index is -1.82. The van der Waals surface area contributed by atoms with Gasteiger partial charge in [0.25, 0.3) is 5.69 Å². The summed E-state index contributed by atoms with van der Waals surface area (Å²) < 4.78 is 5.56. The van der Waals surface area contributed by atoms with Crippen molar-refractivity contribution in [1.82, 2.24) is 4.90 Å². The lowest BCUT2D eigenvalue weighted by Crippen LogP contribution is -2.33. The maximum atomic E-state index is 12.1. The van der Waals surface area contributed by atoms with Crippen molar-refractivity contribution in [2.45, 2.75) is 0 Å². The van der Waals surface area contributed by atoms with Gasteiger partial charge in [-0.25, -0.2) is 9.59 Å². The van der Waals surface area contributed by atoms with Gasteiger partial charge >= 0.3 is 11.9 Å². The highest BCUT2D eigenvalue weighted by molar-refractivity contribution is 6.31. The molecule has 0 aliphatic rings. The fourth-order valence-electron chi connectivity index (χ4n) is 2.11. The Balaban J connectivity index is 0.000000703. The Morgan fingerprint density at radius 1 is 1.13 bits per heavy atom. The molecule has 166 valence electrons. The molecule has 0 aliphatic heterocycles. The molecule has 0 unspecified atom stereocenters. The number of nitro groups is 1. The van der Waals surface area contributed by atoms with Gasteiger partial charge in [-0.05, 0) is 31.3 Å². The number of hydrogen-bond donors (Lipinski definition) is 3. The first kappa shape index (κ1) is 25.3. The lowest BCUT2D eigenvalue weighted by molar-refractivity contribution is -0.383. The van der Waals surface area contributed by atoms with Crippen LogP contribution in [0, 0.1) is 10.1 Å². The molecule has 2 rings (SSSR count). The summed E-state index contributed by atoms with van der Waals surface area (Å²) >= 11 is 5.75. The number of nitro benzene ring substituents is 1. The van der Waals surface area contributed by atoms with Crippen molar-refractivity contribution < 1.29 is 34.3 Å². The Kier molecular flexibility index (Phi) is 10.4. The van der Waals surface area contributed by atoms with Gasteiger partial charge in [0.15, 0.2) is 0 Å². The molecule has 0 bridgehead atoms. The van der Waals surface area contributed by atoms with Crippen molar-refractivity contribution >= 4 is 40.8 Å². The largest absolute Gasteiger partial charge is 0.492 e. The number of carbonyl (C=O) groups is 3. The topological polar surface area (TPSA) is 159 Å². The molecule has 0 spiro atoms. The molecule has 1 amide bonds. The van der Waals surface area contributed by atoms with Gasteiger partial charge in [0.2, 0.25) is 5.91 Å². The summed E-state index contributed by atoms with van der Waals surface area (Å²) in [4.78, 5) is 42.5. The number of benzene rings is 2. The van der Waals surface area contributed by atoms with E-state index in [1.165, 1.54) is 18.2 Å². The van der Waals surface area contributed by atoms with Crippen molar-refractivity contribution in [3.05, 3.63) is 63.7 Å². The van der Waals surface area contributed by atoms with Crippen LogP contribution in [0.3, 0.4) is 0 Å². The molecule has 3 N–H and O–H groups in total. The van der Waals surface area contributed by atoms with Gasteiger partial charge in [-0.3, -0.25) is 19.8 Å². The molecule has 31 heavy (non-hydrogen) atoms. The van der Waals surface area contributed by atoms with Crippen LogP contribution in [0.2, 0.25) is 5.02 Å². The number of para-hydroxylation sites is 1. The lowest BCUT2D eigenvalue weighted by Gasteiger charge is -2.16. The first-order valence-corrected chi connectivity index (χ1v) is 9.04. The van der Waals surface area contributed by atoms with Gasteiger partial charge in [0, 0.05) is 17.6 Å². The maximum absolute atomic E-state index is 12.1. The minimum Gasteiger partial charge on any atom is -0.492 e. The average Bonchev–Trinajstić information content (AvgIpc) is 2.70. The van der Waals surface area contributed by atoms with Gasteiger partial charge in [-0.15, -0.1) is 0 Å². The predicted molar refractivity (Wildman–Crippen MR) is 111 cm³/mol. The van der Waals surface area contributed by atoms with Crippen LogP contribution in [0.4, 0.5) is 11.4 Å². The van der Waals surface area contributed by atoms with Crippen molar-refractivity contribution in [3.8, 4) is 5.75 Å². The van der Waals surface area contributed by atoms with Crippen molar-refractivity contribution in [2.75, 3.05) is 32.1 Å². The number of aliphatic carboxylic acids is 2. The van der Waals surface area contributed by atoms with E-state index in [0.29, 0.717) is 13.2 Å². The fraction of sp³-hybridized carbons (Fsp3) is 0.211. The minimum absolute atomic E-state index is 0.0813. The van der Waals surface area contributed by atoms with E-state index in [9.17, 15) is 14.9 Å². The Morgan fingerprint density at radius 3 is 2.29 bits per heavy atom. The normalized spacial score (nSPS) is 9.90. The summed E-state index contributed by atoms with van der Waals surface area (Å²) in [5.74, 6) is -3.24. The molecule has 0 radical (unpaired) electrons. The number of carboxylic acids is 2. The summed E-state index contributed by atoms with van der Waals surface area (Å²) in [7, 11) is 1.77. The van der Waals surface area contributed by atoms with Gasteiger partial charge in [-0.2, -0.15) is 0 Å². The number of nitrogens with one attached hydrogen (secondary N) is 1. The van der Waals surface area contributed by atoms with Crippen LogP contribution in [0.15, 0.2) is 48.5 Å². The number of anilines is 1. The molecule has 0 fully saturated rings. The van der Waals surface area contributed by atoms with Crippen LogP contribution >= 0.6 is 11.6 Å². The highest BCUT2D eigenvalue weighted by Gasteiger charge is 2.17. The molecule has 11 nitrogen and oxygen atoms in total. The highest BCUT2D eigenvalue weighted by Crippen LogP contribution is 2.27. The molecule has 0 aliphatic carbocycles. The standard InChI is InChI=1S/C17H18ClN3O4.C2H2O4/c1-20(9-10-25-14-5-3-2-4-6-14)12-17(22)19-15-8-7-13(18)11-16(15)21(23)24;3-1(4)2(5)6/h2-8,11H,9-10,12H2,1H3,(H,19,22);(H,3,4)(H,5,6). The van der Waals surface area contributed by atoms with Crippen LogP contribution < -0.4 is 10.1 Å². The molecule has 12 heteroatoms. The zero-order valence-electron chi connectivity index (χ0n) is 16.4. The number of carboxylic acid groups (broad SMARTS) is 2. The zero-order chi connectivity index (χ0) is 23.4. The Labute approximate surface area is 182 Å². The van der Waals surface area contributed by atoms with Crippen molar-refractivity contribution in [3.63, 3.8) is 0 Å². The number of halogens is 1. The number of carbonyl (C=O) groups excluding carboxylic acids is 1. The van der Waals surface area contributed by atoms with E-state index in [-0.39, 0.29) is 28.8 Å². The summed E-state index contributed by atoms with van der Waals surface area (Å²) in [6.07, 6.45) is 0. The molecule has 0 atom stereocenters. The van der Waals surface area contributed by atoms with E-state index in [4.69, 9.17) is 36.1 Å². The molecule has 2 aromatic carbocycles. The highest BCUT2D eigenvalue weighted by atomic mass is 35.5. The second kappa shape index (κ2) is 12.8. The smallest absolute Gasteiger partial charge is 0.414 e. The molecule has 0 aromatic heterocycles. The molecule has 2 aromatic rings. The first-order valence-electron chi connectivity index (χ1n) is 8.66. The van der Waals surface area contributed by atoms with Crippen LogP contribution in [0.25, 0.3) is 0 Å². The molecule has 0 saturated carbocycles. The third kappa shape index (κ3) is 10.1. The molecule has 0 saturated heterocycles. The monoisotopic (exact) mass is 453 g/mol. The third-order valence-electron chi connectivity index (χ3n) is 3.51. The summed E-state index contributed by atoms with van der Waals surface area (Å²) in [5.41, 5.74) is -0.121. The van der Waals surface area contributed by atoms with Gasteiger partial charge in [0.05, 0.1) is 11.5 Å². The van der Waals surface area contributed by atoms with Crippen molar-refractivity contribution in [2.24, 2.45) is 0 Å². The van der Waals surface area contributed by atoms with E-state index in [0.717, 1.165) is 5.75 Å². The Bertz CT molecular complexity index is 912. The van der Waals surface area contributed by atoms with Crippen LogP contribution in [-0.2, 0) is 14.4 Å². The van der Waals surface area contributed by atoms with Gasteiger partial charge < -0.3 is 20.3 Å². The van der Waals surface area contributed by atoms with E-state index < -0.39 is 16.9 Å². The second-order valence-corrected chi connectivity index (χ2v) is 6.41. The summed E-state index contributed by atoms with van der Waals surface area (Å²) in [6, 6.07) is 13.5. The number of nitrogens with zero attached hydrogens (tertiary/aromatic N) is 2. The number of ether oxygens (including phenoxy) is 1. The van der Waals surface area contributed by atoms with E-state index in [1.807, 2.05) is 30.3 Å². The van der Waals surface area contributed by atoms with E-state index >= 15 is 0 Å². The molecular formula is C19H20ClN3O8. The number of likely N-dealkylation sites (N-methyl/N-ethyl adjacent to an activating group) is 1. The Morgan fingerprint density at radius 2 is 1.74 bits per heavy atom. The van der Waals surface area contributed by atoms with E-state index in [1.54, 1.807) is 11.9 Å². The quantitative estimate of drug-likeness (QED) is 0.309. The lowest BCUT2D eigenvalue weighted by atomic mass is 10.2. The number of hydrogen-bond acceptors (Lipinski definition) is 7. The fourth-order valence-corrected chi connectivity index (χ4v) is 2.28. The molecule has 0 heterocycles. The molecular weight excluding hydrogens is 434 g/mol.